The standard InChI is InChI=1S/C16H23N2O/c1-12-5-7-15(10-13(12)2)18-16(19)8-6-14-4-3-9-17-11-14/h5,7,10,14H,3-4,6,8-9,11H2,1-2H3,(H,18,19). The number of nitrogens with zero attached hydrogens (tertiary/aromatic N) is 1. The first-order chi connectivity index (χ1) is 9.15. The van der Waals surface area contributed by atoms with Gasteiger partial charge in [0.05, 0.1) is 0 Å². The molecule has 1 N–H and O–H groups in total. The second-order valence-electron chi connectivity index (χ2n) is 5.52. The molecule has 1 heterocycles. The number of aryl methyl sites for hydroxylation is 2. The van der Waals surface area contributed by atoms with Gasteiger partial charge >= 0.3 is 0 Å². The second kappa shape index (κ2) is 6.71. The number of hydrogen-bond donors (Lipinski definition) is 1. The van der Waals surface area contributed by atoms with Crippen molar-refractivity contribution >= 4 is 11.6 Å². The van der Waals surface area contributed by atoms with Crippen LogP contribution in [0.5, 0.6) is 0 Å². The summed E-state index contributed by atoms with van der Waals surface area (Å²) in [6, 6.07) is 6.05. The Hall–Kier alpha value is -1.35. The summed E-state index contributed by atoms with van der Waals surface area (Å²) in [6.45, 7) is 6.09. The molecule has 3 heteroatoms. The summed E-state index contributed by atoms with van der Waals surface area (Å²) < 4.78 is 0. The molecule has 0 aliphatic carbocycles. The Morgan fingerprint density at radius 3 is 2.89 bits per heavy atom. The molecular formula is C16H23N2O. The van der Waals surface area contributed by atoms with E-state index in [9.17, 15) is 4.79 Å². The van der Waals surface area contributed by atoms with Crippen LogP contribution in [0.25, 0.3) is 0 Å². The van der Waals surface area contributed by atoms with Gasteiger partial charge in [-0.25, -0.2) is 5.32 Å². The van der Waals surface area contributed by atoms with Gasteiger partial charge in [-0.05, 0) is 62.3 Å². The highest BCUT2D eigenvalue weighted by atomic mass is 16.1. The highest BCUT2D eigenvalue weighted by Gasteiger charge is 2.15. The molecule has 103 valence electrons. The quantitative estimate of drug-likeness (QED) is 0.887. The van der Waals surface area contributed by atoms with Gasteiger partial charge in [-0.15, -0.1) is 0 Å². The van der Waals surface area contributed by atoms with E-state index in [1.807, 2.05) is 18.2 Å². The third kappa shape index (κ3) is 4.35. The maximum Gasteiger partial charge on any atom is 0.224 e. The lowest BCUT2D eigenvalue weighted by molar-refractivity contribution is -0.116. The Morgan fingerprint density at radius 1 is 1.37 bits per heavy atom. The van der Waals surface area contributed by atoms with Crippen LogP contribution in [0.15, 0.2) is 18.2 Å². The number of hydrogen-bond acceptors (Lipinski definition) is 1. The molecule has 3 nitrogen and oxygen atoms in total. The number of piperidine rings is 1. The van der Waals surface area contributed by atoms with E-state index in [0.29, 0.717) is 12.3 Å². The lowest BCUT2D eigenvalue weighted by Crippen LogP contribution is -2.25. The number of carbonyl (C=O) groups is 1. The van der Waals surface area contributed by atoms with Crippen molar-refractivity contribution in [3.05, 3.63) is 29.3 Å². The van der Waals surface area contributed by atoms with E-state index in [0.717, 1.165) is 25.2 Å². The normalized spacial score (nSPS) is 19.2. The van der Waals surface area contributed by atoms with Gasteiger partial charge in [0.2, 0.25) is 5.91 Å². The van der Waals surface area contributed by atoms with Crippen molar-refractivity contribution in [2.45, 2.75) is 39.5 Å². The zero-order chi connectivity index (χ0) is 13.7. The number of benzene rings is 1. The third-order valence-electron chi connectivity index (χ3n) is 3.89. The van der Waals surface area contributed by atoms with Crippen LogP contribution in [0.2, 0.25) is 0 Å². The zero-order valence-electron chi connectivity index (χ0n) is 11.9. The Balaban J connectivity index is 1.78. The molecule has 1 aromatic carbocycles. The summed E-state index contributed by atoms with van der Waals surface area (Å²) in [4.78, 5) is 11.9. The van der Waals surface area contributed by atoms with E-state index >= 15 is 0 Å². The highest BCUT2D eigenvalue weighted by Crippen LogP contribution is 2.18. The number of amides is 1. The van der Waals surface area contributed by atoms with E-state index in [-0.39, 0.29) is 5.91 Å². The van der Waals surface area contributed by atoms with Crippen molar-refractivity contribution in [3.8, 4) is 0 Å². The molecule has 1 aliphatic rings. The maximum absolute atomic E-state index is 11.9. The van der Waals surface area contributed by atoms with E-state index in [1.54, 1.807) is 0 Å². The van der Waals surface area contributed by atoms with Gasteiger partial charge in [0.1, 0.15) is 0 Å². The van der Waals surface area contributed by atoms with Crippen molar-refractivity contribution in [1.29, 1.82) is 0 Å². The molecule has 1 unspecified atom stereocenters. The van der Waals surface area contributed by atoms with Gasteiger partial charge in [0.15, 0.2) is 0 Å². The molecule has 19 heavy (non-hydrogen) atoms. The molecule has 0 saturated carbocycles. The van der Waals surface area contributed by atoms with Crippen molar-refractivity contribution in [1.82, 2.24) is 5.32 Å². The molecule has 0 aromatic heterocycles. The molecule has 0 bridgehead atoms. The van der Waals surface area contributed by atoms with Crippen molar-refractivity contribution in [2.75, 3.05) is 18.4 Å². The Labute approximate surface area is 115 Å². The molecule has 1 aromatic rings. The number of anilines is 1. The monoisotopic (exact) mass is 259 g/mol. The van der Waals surface area contributed by atoms with Crippen LogP contribution in [0.1, 0.15) is 36.8 Å². The van der Waals surface area contributed by atoms with Gasteiger partial charge in [0.25, 0.3) is 0 Å². The first-order valence-corrected chi connectivity index (χ1v) is 7.15. The minimum atomic E-state index is 0.119. The fourth-order valence-electron chi connectivity index (χ4n) is 2.47. The smallest absolute Gasteiger partial charge is 0.224 e. The molecular weight excluding hydrogens is 236 g/mol. The fourth-order valence-corrected chi connectivity index (χ4v) is 2.47. The Kier molecular flexibility index (Phi) is 4.97. The molecule has 1 radical (unpaired) electrons. The van der Waals surface area contributed by atoms with Crippen LogP contribution in [0, 0.1) is 19.8 Å². The summed E-state index contributed by atoms with van der Waals surface area (Å²) >= 11 is 0. The van der Waals surface area contributed by atoms with E-state index < -0.39 is 0 Å². The van der Waals surface area contributed by atoms with Crippen LogP contribution in [0.3, 0.4) is 0 Å². The minimum absolute atomic E-state index is 0.119. The third-order valence-corrected chi connectivity index (χ3v) is 3.89. The van der Waals surface area contributed by atoms with Crippen LogP contribution >= 0.6 is 0 Å². The molecule has 2 rings (SSSR count). The van der Waals surface area contributed by atoms with Crippen LogP contribution in [0.4, 0.5) is 5.69 Å². The summed E-state index contributed by atoms with van der Waals surface area (Å²) in [5.41, 5.74) is 3.37. The topological polar surface area (TPSA) is 43.2 Å². The van der Waals surface area contributed by atoms with Crippen molar-refractivity contribution in [3.63, 3.8) is 0 Å². The number of rotatable bonds is 4. The highest BCUT2D eigenvalue weighted by molar-refractivity contribution is 5.90. The zero-order valence-corrected chi connectivity index (χ0v) is 11.9. The molecule has 1 fully saturated rings. The number of carbonyl (C=O) groups excluding carboxylic acids is 1. The lowest BCUT2D eigenvalue weighted by atomic mass is 9.94. The fraction of sp³-hybridized carbons (Fsp3) is 0.562. The van der Waals surface area contributed by atoms with E-state index in [1.165, 1.54) is 24.0 Å². The van der Waals surface area contributed by atoms with Gasteiger partial charge in [0, 0.05) is 25.2 Å². The Morgan fingerprint density at radius 2 is 2.21 bits per heavy atom. The average molecular weight is 259 g/mol. The summed E-state index contributed by atoms with van der Waals surface area (Å²) in [7, 11) is 0. The maximum atomic E-state index is 11.9. The molecule has 0 spiro atoms. The predicted molar refractivity (Wildman–Crippen MR) is 78.4 cm³/mol. The SMILES string of the molecule is Cc1ccc(NC(=O)CCC2CCC[N]C2)cc1C. The van der Waals surface area contributed by atoms with Crippen LogP contribution < -0.4 is 10.6 Å². The molecule has 1 aliphatic heterocycles. The first kappa shape index (κ1) is 14.1. The van der Waals surface area contributed by atoms with E-state index in [4.69, 9.17) is 0 Å². The van der Waals surface area contributed by atoms with Gasteiger partial charge < -0.3 is 5.32 Å². The largest absolute Gasteiger partial charge is 0.326 e. The average Bonchev–Trinajstić information content (AvgIpc) is 2.42. The van der Waals surface area contributed by atoms with Crippen molar-refractivity contribution < 1.29 is 4.79 Å². The van der Waals surface area contributed by atoms with Gasteiger partial charge in [-0.2, -0.15) is 0 Å². The summed E-state index contributed by atoms with van der Waals surface area (Å²) in [5.74, 6) is 0.730. The van der Waals surface area contributed by atoms with Crippen molar-refractivity contribution in [2.24, 2.45) is 5.92 Å². The molecule has 1 amide bonds. The molecule has 1 saturated heterocycles. The second-order valence-corrected chi connectivity index (χ2v) is 5.52. The summed E-state index contributed by atoms with van der Waals surface area (Å²) in [5, 5.41) is 7.39. The summed E-state index contributed by atoms with van der Waals surface area (Å²) in [6.07, 6.45) is 3.97. The van der Waals surface area contributed by atoms with Crippen LogP contribution in [-0.2, 0) is 4.79 Å². The predicted octanol–water partition coefficient (Wildman–Crippen LogP) is 3.04. The Bertz CT molecular complexity index is 436. The number of nitrogens with one attached hydrogen (secondary N) is 1. The van der Waals surface area contributed by atoms with Gasteiger partial charge in [-0.1, -0.05) is 6.07 Å². The molecule has 1 atom stereocenters. The minimum Gasteiger partial charge on any atom is -0.326 e. The lowest BCUT2D eigenvalue weighted by Gasteiger charge is -2.20. The van der Waals surface area contributed by atoms with Crippen LogP contribution in [-0.4, -0.2) is 19.0 Å². The first-order valence-electron chi connectivity index (χ1n) is 7.15. The van der Waals surface area contributed by atoms with E-state index in [2.05, 4.69) is 24.5 Å². The van der Waals surface area contributed by atoms with Gasteiger partial charge in [-0.3, -0.25) is 4.79 Å².